The Hall–Kier alpha value is -0.890. The lowest BCUT2D eigenvalue weighted by Gasteiger charge is -2.16. The molecule has 256 valence electrons. The van der Waals surface area contributed by atoms with Gasteiger partial charge in [0.1, 0.15) is 5.69 Å². The van der Waals surface area contributed by atoms with Gasteiger partial charge in [0.05, 0.1) is 5.02 Å². The van der Waals surface area contributed by atoms with E-state index in [1.807, 2.05) is 6.07 Å². The summed E-state index contributed by atoms with van der Waals surface area (Å²) in [4.78, 5) is 17.7. The van der Waals surface area contributed by atoms with Gasteiger partial charge in [-0.1, -0.05) is 218 Å². The summed E-state index contributed by atoms with van der Waals surface area (Å²) in [6.45, 7) is 4.58. The number of unbranched alkanes of at least 4 members (excludes halogenated alkanes) is 28. The molecule has 0 saturated heterocycles. The van der Waals surface area contributed by atoms with Crippen molar-refractivity contribution < 1.29 is 4.79 Å². The number of pyridine rings is 1. The lowest BCUT2D eigenvalue weighted by Crippen LogP contribution is -2.17. The van der Waals surface area contributed by atoms with Crippen LogP contribution in [0.5, 0.6) is 0 Å². The average molecular weight is 633 g/mol. The third-order valence-electron chi connectivity index (χ3n) is 9.67. The standard InChI is InChI=1S/C41H74ClNO/c1-3-5-7-9-11-13-15-17-19-20-22-24-26-28-30-32-35-38(41(44)40-39(42)36-33-37-43-40)34-31-29-27-25-23-21-18-16-14-12-10-8-6-4-2/h33,36-38H,3-32,34-35H2,1-2H3. The zero-order valence-electron chi connectivity index (χ0n) is 29.7. The van der Waals surface area contributed by atoms with Crippen LogP contribution >= 0.6 is 11.6 Å². The molecule has 1 aromatic rings. The van der Waals surface area contributed by atoms with Crippen LogP contribution in [0.25, 0.3) is 0 Å². The molecule has 44 heavy (non-hydrogen) atoms. The first-order valence-electron chi connectivity index (χ1n) is 19.8. The summed E-state index contributed by atoms with van der Waals surface area (Å²) < 4.78 is 0. The molecular weight excluding hydrogens is 558 g/mol. The van der Waals surface area contributed by atoms with Crippen molar-refractivity contribution in [2.75, 3.05) is 0 Å². The van der Waals surface area contributed by atoms with E-state index in [1.54, 1.807) is 12.3 Å². The Balaban J connectivity index is 2.13. The van der Waals surface area contributed by atoms with Crippen molar-refractivity contribution in [1.82, 2.24) is 4.98 Å². The predicted octanol–water partition coefficient (Wildman–Crippen LogP) is 15.1. The molecule has 1 rings (SSSR count). The highest BCUT2D eigenvalue weighted by Crippen LogP contribution is 2.26. The maximum Gasteiger partial charge on any atom is 0.185 e. The van der Waals surface area contributed by atoms with Crippen LogP contribution in [0.4, 0.5) is 0 Å². The number of Topliss-reactive ketones (excluding diaryl/α,β-unsaturated/α-hetero) is 1. The molecule has 0 aliphatic heterocycles. The predicted molar refractivity (Wildman–Crippen MR) is 196 cm³/mol. The first-order valence-corrected chi connectivity index (χ1v) is 20.2. The molecule has 1 unspecified atom stereocenters. The van der Waals surface area contributed by atoms with Crippen molar-refractivity contribution in [3.05, 3.63) is 29.0 Å². The summed E-state index contributed by atoms with van der Waals surface area (Å²) in [5.74, 6) is 0.248. The number of carbonyl (C=O) groups is 1. The second-order valence-electron chi connectivity index (χ2n) is 13.9. The molecule has 2 nitrogen and oxygen atoms in total. The normalized spacial score (nSPS) is 12.2. The maximum atomic E-state index is 13.4. The number of carbonyl (C=O) groups excluding carboxylic acids is 1. The molecule has 0 radical (unpaired) electrons. The van der Waals surface area contributed by atoms with Gasteiger partial charge < -0.3 is 0 Å². The second-order valence-corrected chi connectivity index (χ2v) is 14.3. The van der Waals surface area contributed by atoms with Gasteiger partial charge in [0.15, 0.2) is 5.78 Å². The van der Waals surface area contributed by atoms with E-state index in [4.69, 9.17) is 11.6 Å². The number of rotatable bonds is 34. The largest absolute Gasteiger partial charge is 0.292 e. The van der Waals surface area contributed by atoms with Crippen LogP contribution in [-0.2, 0) is 0 Å². The van der Waals surface area contributed by atoms with E-state index in [0.29, 0.717) is 10.7 Å². The van der Waals surface area contributed by atoms with Gasteiger partial charge in [0.25, 0.3) is 0 Å². The highest BCUT2D eigenvalue weighted by atomic mass is 35.5. The number of aromatic nitrogens is 1. The van der Waals surface area contributed by atoms with E-state index >= 15 is 0 Å². The molecular formula is C41H74ClNO. The van der Waals surface area contributed by atoms with Crippen LogP contribution in [-0.4, -0.2) is 10.8 Å². The summed E-state index contributed by atoms with van der Waals surface area (Å²) >= 11 is 6.37. The molecule has 0 fully saturated rings. The molecule has 1 atom stereocenters. The Morgan fingerprint density at radius 2 is 0.818 bits per heavy atom. The van der Waals surface area contributed by atoms with Gasteiger partial charge in [-0.25, -0.2) is 0 Å². The Bertz CT molecular complexity index is 750. The van der Waals surface area contributed by atoms with E-state index in [-0.39, 0.29) is 11.7 Å². The Morgan fingerprint density at radius 1 is 0.523 bits per heavy atom. The third-order valence-corrected chi connectivity index (χ3v) is 9.98. The molecule has 0 bridgehead atoms. The molecule has 0 N–H and O–H groups in total. The van der Waals surface area contributed by atoms with Crippen molar-refractivity contribution in [1.29, 1.82) is 0 Å². The summed E-state index contributed by atoms with van der Waals surface area (Å²) in [5, 5.41) is 0.510. The van der Waals surface area contributed by atoms with E-state index in [2.05, 4.69) is 18.8 Å². The molecule has 0 spiro atoms. The van der Waals surface area contributed by atoms with Gasteiger partial charge in [-0.15, -0.1) is 0 Å². The SMILES string of the molecule is CCCCCCCCCCCCCCCCCCC(CCCCCCCCCCCCCCCC)C(=O)c1ncccc1Cl. The monoisotopic (exact) mass is 632 g/mol. The van der Waals surface area contributed by atoms with Gasteiger partial charge in [-0.2, -0.15) is 0 Å². The third kappa shape index (κ3) is 24.4. The minimum Gasteiger partial charge on any atom is -0.292 e. The number of hydrogen-bond donors (Lipinski definition) is 0. The van der Waals surface area contributed by atoms with Crippen molar-refractivity contribution >= 4 is 17.4 Å². The minimum atomic E-state index is 0.0753. The van der Waals surface area contributed by atoms with E-state index in [1.165, 1.54) is 180 Å². The van der Waals surface area contributed by atoms with Crippen molar-refractivity contribution in [2.24, 2.45) is 5.92 Å². The summed E-state index contributed by atoms with van der Waals surface area (Å²) in [7, 11) is 0. The van der Waals surface area contributed by atoms with Crippen molar-refractivity contribution in [3.63, 3.8) is 0 Å². The first-order chi connectivity index (χ1) is 21.7. The van der Waals surface area contributed by atoms with Crippen molar-refractivity contribution in [2.45, 2.75) is 219 Å². The molecule has 0 aromatic carbocycles. The van der Waals surface area contributed by atoms with Crippen LogP contribution < -0.4 is 0 Å². The number of halogens is 1. The van der Waals surface area contributed by atoms with Gasteiger partial charge in [0.2, 0.25) is 0 Å². The molecule has 0 amide bonds. The Morgan fingerprint density at radius 3 is 1.11 bits per heavy atom. The number of nitrogens with zero attached hydrogens (tertiary/aromatic N) is 1. The quantitative estimate of drug-likeness (QED) is 0.0559. The topological polar surface area (TPSA) is 30.0 Å². The Labute approximate surface area is 280 Å². The zero-order valence-corrected chi connectivity index (χ0v) is 30.4. The van der Waals surface area contributed by atoms with Gasteiger partial charge in [0, 0.05) is 12.1 Å². The molecule has 0 aliphatic rings. The number of ketones is 1. The van der Waals surface area contributed by atoms with E-state index in [9.17, 15) is 4.79 Å². The fourth-order valence-corrected chi connectivity index (χ4v) is 6.91. The van der Waals surface area contributed by atoms with Crippen LogP contribution in [0.2, 0.25) is 5.02 Å². The number of hydrogen-bond acceptors (Lipinski definition) is 2. The highest BCUT2D eigenvalue weighted by molar-refractivity contribution is 6.33. The summed E-state index contributed by atoms with van der Waals surface area (Å²) in [5.41, 5.74) is 0.487. The van der Waals surface area contributed by atoms with Crippen LogP contribution in [0.3, 0.4) is 0 Å². The maximum absolute atomic E-state index is 13.4. The van der Waals surface area contributed by atoms with Gasteiger partial charge >= 0.3 is 0 Å². The lowest BCUT2D eigenvalue weighted by molar-refractivity contribution is 0.0896. The van der Waals surface area contributed by atoms with Crippen LogP contribution in [0, 0.1) is 5.92 Å². The van der Waals surface area contributed by atoms with E-state index < -0.39 is 0 Å². The lowest BCUT2D eigenvalue weighted by atomic mass is 9.89. The highest BCUT2D eigenvalue weighted by Gasteiger charge is 2.22. The fourth-order valence-electron chi connectivity index (χ4n) is 6.69. The Kier molecular flexibility index (Phi) is 30.0. The summed E-state index contributed by atoms with van der Waals surface area (Å²) in [6.07, 6.45) is 44.9. The summed E-state index contributed by atoms with van der Waals surface area (Å²) in [6, 6.07) is 3.62. The molecule has 1 aromatic heterocycles. The first kappa shape index (κ1) is 41.1. The smallest absolute Gasteiger partial charge is 0.185 e. The molecule has 1 heterocycles. The molecule has 3 heteroatoms. The minimum absolute atomic E-state index is 0.0753. The average Bonchev–Trinajstić information content (AvgIpc) is 3.03. The second kappa shape index (κ2) is 32.1. The molecule has 0 saturated carbocycles. The van der Waals surface area contributed by atoms with Crippen molar-refractivity contribution in [3.8, 4) is 0 Å². The molecule has 0 aliphatic carbocycles. The van der Waals surface area contributed by atoms with Crippen LogP contribution in [0.1, 0.15) is 230 Å². The fraction of sp³-hybridized carbons (Fsp3) is 0.854. The van der Waals surface area contributed by atoms with E-state index in [0.717, 1.165) is 25.7 Å². The zero-order chi connectivity index (χ0) is 31.8. The van der Waals surface area contributed by atoms with Crippen LogP contribution in [0.15, 0.2) is 18.3 Å². The van der Waals surface area contributed by atoms with Gasteiger partial charge in [-0.05, 0) is 25.0 Å². The van der Waals surface area contributed by atoms with Gasteiger partial charge in [-0.3, -0.25) is 9.78 Å².